The van der Waals surface area contributed by atoms with Crippen molar-refractivity contribution in [3.63, 3.8) is 0 Å². The minimum Gasteiger partial charge on any atom is -0.467 e. The summed E-state index contributed by atoms with van der Waals surface area (Å²) in [5.74, 6) is 0.707. The maximum absolute atomic E-state index is 6.17. The largest absolute Gasteiger partial charge is 0.467 e. The number of hydrogen-bond donors (Lipinski definition) is 0. The van der Waals surface area contributed by atoms with Gasteiger partial charge in [0, 0.05) is 15.6 Å². The summed E-state index contributed by atoms with van der Waals surface area (Å²) in [6.45, 7) is 0.758. The Hall–Kier alpha value is -1.82. The first kappa shape index (κ1) is 15.1. The van der Waals surface area contributed by atoms with Gasteiger partial charge in [-0.05, 0) is 24.3 Å². The molecule has 0 unspecified atom stereocenters. The van der Waals surface area contributed by atoms with Crippen molar-refractivity contribution in [2.24, 2.45) is 0 Å². The summed E-state index contributed by atoms with van der Waals surface area (Å²) in [7, 11) is 0. The van der Waals surface area contributed by atoms with Crippen molar-refractivity contribution in [1.29, 1.82) is 0 Å². The van der Waals surface area contributed by atoms with Crippen molar-refractivity contribution in [3.8, 4) is 0 Å². The Labute approximate surface area is 137 Å². The van der Waals surface area contributed by atoms with E-state index in [1.807, 2.05) is 12.1 Å². The van der Waals surface area contributed by atoms with E-state index in [0.717, 1.165) is 5.56 Å². The van der Waals surface area contributed by atoms with Crippen LogP contribution in [0.15, 0.2) is 53.7 Å². The van der Waals surface area contributed by atoms with E-state index in [-0.39, 0.29) is 12.7 Å². The maximum Gasteiger partial charge on any atom is 0.137 e. The predicted octanol–water partition coefficient (Wildman–Crippen LogP) is 4.14. The molecule has 0 fully saturated rings. The van der Waals surface area contributed by atoms with Crippen molar-refractivity contribution in [2.45, 2.75) is 19.3 Å². The lowest BCUT2D eigenvalue weighted by molar-refractivity contribution is 0.0118. The molecule has 0 aliphatic heterocycles. The fraction of sp³-hybridized carbons (Fsp3) is 0.200. The first-order valence-electron chi connectivity index (χ1n) is 6.64. The summed E-state index contributed by atoms with van der Waals surface area (Å²) >= 11 is 12.3. The molecule has 0 N–H and O–H groups in total. The molecular formula is C15H13Cl2N3O2. The molecule has 2 heterocycles. The zero-order valence-corrected chi connectivity index (χ0v) is 13.0. The van der Waals surface area contributed by atoms with Gasteiger partial charge in [0.2, 0.25) is 0 Å². The highest BCUT2D eigenvalue weighted by molar-refractivity contribution is 6.35. The normalized spacial score (nSPS) is 12.5. The van der Waals surface area contributed by atoms with E-state index in [4.69, 9.17) is 32.4 Å². The summed E-state index contributed by atoms with van der Waals surface area (Å²) < 4.78 is 13.1. The van der Waals surface area contributed by atoms with Crippen LogP contribution in [0.5, 0.6) is 0 Å². The fourth-order valence-electron chi connectivity index (χ4n) is 2.05. The topological polar surface area (TPSA) is 53.1 Å². The predicted molar refractivity (Wildman–Crippen MR) is 82.7 cm³/mol. The molecule has 114 valence electrons. The molecule has 0 spiro atoms. The van der Waals surface area contributed by atoms with Crippen LogP contribution in [-0.4, -0.2) is 14.8 Å². The molecule has 5 nitrogen and oxygen atoms in total. The fourth-order valence-corrected chi connectivity index (χ4v) is 2.56. The summed E-state index contributed by atoms with van der Waals surface area (Å²) in [6.07, 6.45) is 4.39. The van der Waals surface area contributed by atoms with Gasteiger partial charge in [-0.1, -0.05) is 29.3 Å². The highest BCUT2D eigenvalue weighted by atomic mass is 35.5. The van der Waals surface area contributed by atoms with Crippen LogP contribution in [0.25, 0.3) is 0 Å². The van der Waals surface area contributed by atoms with Crippen LogP contribution in [0.1, 0.15) is 17.4 Å². The minimum atomic E-state index is -0.316. The van der Waals surface area contributed by atoms with Gasteiger partial charge < -0.3 is 9.15 Å². The number of ether oxygens (including phenoxy) is 1. The summed E-state index contributed by atoms with van der Waals surface area (Å²) in [6, 6.07) is 9.04. The second-order valence-electron chi connectivity index (χ2n) is 4.63. The molecular weight excluding hydrogens is 325 g/mol. The molecule has 0 amide bonds. The molecule has 3 aromatic rings. The van der Waals surface area contributed by atoms with Crippen LogP contribution in [0, 0.1) is 0 Å². The first-order valence-corrected chi connectivity index (χ1v) is 7.40. The molecule has 22 heavy (non-hydrogen) atoms. The zero-order chi connectivity index (χ0) is 15.4. The Morgan fingerprint density at radius 2 is 2.00 bits per heavy atom. The molecule has 7 heteroatoms. The third kappa shape index (κ3) is 3.50. The van der Waals surface area contributed by atoms with Crippen molar-refractivity contribution in [1.82, 2.24) is 14.8 Å². The van der Waals surface area contributed by atoms with Crippen molar-refractivity contribution < 1.29 is 9.15 Å². The molecule has 1 aromatic carbocycles. The third-order valence-corrected chi connectivity index (χ3v) is 3.88. The van der Waals surface area contributed by atoms with Gasteiger partial charge in [-0.15, -0.1) is 0 Å². The average molecular weight is 338 g/mol. The monoisotopic (exact) mass is 337 g/mol. The van der Waals surface area contributed by atoms with Crippen molar-refractivity contribution in [2.75, 3.05) is 0 Å². The van der Waals surface area contributed by atoms with Gasteiger partial charge in [-0.2, -0.15) is 5.10 Å². The Kier molecular flexibility index (Phi) is 4.77. The van der Waals surface area contributed by atoms with E-state index in [1.165, 1.54) is 6.33 Å². The lowest BCUT2D eigenvalue weighted by atomic mass is 10.2. The van der Waals surface area contributed by atoms with E-state index in [2.05, 4.69) is 10.1 Å². The Morgan fingerprint density at radius 1 is 1.18 bits per heavy atom. The SMILES string of the molecule is Clc1cccc(Cl)c1CO[C@H](Cn1cncn1)c1ccco1. The smallest absolute Gasteiger partial charge is 0.137 e. The molecule has 2 aromatic heterocycles. The number of hydrogen-bond acceptors (Lipinski definition) is 4. The molecule has 0 aliphatic rings. The molecule has 0 bridgehead atoms. The summed E-state index contributed by atoms with van der Waals surface area (Å²) in [5.41, 5.74) is 0.751. The van der Waals surface area contributed by atoms with Gasteiger partial charge in [0.15, 0.2) is 0 Å². The van der Waals surface area contributed by atoms with Gasteiger partial charge in [-0.3, -0.25) is 0 Å². The van der Waals surface area contributed by atoms with Crippen LogP contribution in [0.2, 0.25) is 10.0 Å². The van der Waals surface area contributed by atoms with Crippen LogP contribution in [-0.2, 0) is 17.9 Å². The van der Waals surface area contributed by atoms with Crippen LogP contribution in [0.3, 0.4) is 0 Å². The molecule has 3 rings (SSSR count). The summed E-state index contributed by atoms with van der Waals surface area (Å²) in [5, 5.41) is 5.24. The van der Waals surface area contributed by atoms with Crippen molar-refractivity contribution in [3.05, 3.63) is 70.6 Å². The van der Waals surface area contributed by atoms with E-state index >= 15 is 0 Å². The van der Waals surface area contributed by atoms with E-state index in [0.29, 0.717) is 22.4 Å². The van der Waals surface area contributed by atoms with Gasteiger partial charge in [0.1, 0.15) is 24.5 Å². The third-order valence-electron chi connectivity index (χ3n) is 3.17. The van der Waals surface area contributed by atoms with E-state index in [9.17, 15) is 0 Å². The number of aromatic nitrogens is 3. The number of halogens is 2. The van der Waals surface area contributed by atoms with E-state index in [1.54, 1.807) is 35.5 Å². The Balaban J connectivity index is 1.76. The lowest BCUT2D eigenvalue weighted by Gasteiger charge is -2.17. The minimum absolute atomic E-state index is 0.276. The Bertz CT molecular complexity index is 694. The second-order valence-corrected chi connectivity index (χ2v) is 5.45. The maximum atomic E-state index is 6.17. The Morgan fingerprint density at radius 3 is 2.64 bits per heavy atom. The molecule has 0 aliphatic carbocycles. The van der Waals surface area contributed by atoms with Gasteiger partial charge in [-0.25, -0.2) is 9.67 Å². The van der Waals surface area contributed by atoms with Crippen molar-refractivity contribution >= 4 is 23.2 Å². The zero-order valence-electron chi connectivity index (χ0n) is 11.5. The quantitative estimate of drug-likeness (QED) is 0.678. The second kappa shape index (κ2) is 6.96. The van der Waals surface area contributed by atoms with Crippen LogP contribution < -0.4 is 0 Å². The summed E-state index contributed by atoms with van der Waals surface area (Å²) in [4.78, 5) is 3.93. The highest BCUT2D eigenvalue weighted by Gasteiger charge is 2.18. The molecule has 0 saturated heterocycles. The first-order chi connectivity index (χ1) is 10.7. The van der Waals surface area contributed by atoms with Crippen LogP contribution in [0.4, 0.5) is 0 Å². The van der Waals surface area contributed by atoms with Gasteiger partial charge in [0.25, 0.3) is 0 Å². The standard InChI is InChI=1S/C15H13Cl2N3O2/c16-12-3-1-4-13(17)11(12)8-22-15(14-5-2-6-21-14)7-20-10-18-9-19-20/h1-6,9-10,15H,7-8H2/t15-/m1/s1. The lowest BCUT2D eigenvalue weighted by Crippen LogP contribution is -2.13. The average Bonchev–Trinajstić information content (AvgIpc) is 3.19. The number of furan rings is 1. The van der Waals surface area contributed by atoms with Gasteiger partial charge in [0.05, 0.1) is 19.4 Å². The highest BCUT2D eigenvalue weighted by Crippen LogP contribution is 2.28. The molecule has 0 radical (unpaired) electrons. The van der Waals surface area contributed by atoms with Crippen LogP contribution >= 0.6 is 23.2 Å². The molecule has 1 atom stereocenters. The van der Waals surface area contributed by atoms with E-state index < -0.39 is 0 Å². The number of nitrogens with zero attached hydrogens (tertiary/aromatic N) is 3. The molecule has 0 saturated carbocycles. The van der Waals surface area contributed by atoms with Gasteiger partial charge >= 0.3 is 0 Å². The number of rotatable bonds is 6. The number of benzene rings is 1.